The van der Waals surface area contributed by atoms with Gasteiger partial charge in [0, 0.05) is 18.0 Å². The van der Waals surface area contributed by atoms with Gasteiger partial charge in [-0.15, -0.1) is 0 Å². The van der Waals surface area contributed by atoms with Gasteiger partial charge in [-0.1, -0.05) is 31.2 Å². The Kier molecular flexibility index (Phi) is 5.58. The van der Waals surface area contributed by atoms with Gasteiger partial charge in [0.15, 0.2) is 5.78 Å². The van der Waals surface area contributed by atoms with E-state index in [1.165, 1.54) is 37.1 Å². The summed E-state index contributed by atoms with van der Waals surface area (Å²) in [6.45, 7) is 6.38. The van der Waals surface area contributed by atoms with E-state index >= 15 is 0 Å². The summed E-state index contributed by atoms with van der Waals surface area (Å²) < 4.78 is 5.88. The van der Waals surface area contributed by atoms with Crippen LogP contribution in [0, 0.1) is 11.8 Å². The Balaban J connectivity index is 1.26. The van der Waals surface area contributed by atoms with E-state index in [1.54, 1.807) is 0 Å². The summed E-state index contributed by atoms with van der Waals surface area (Å²) in [7, 11) is 0. The second kappa shape index (κ2) is 8.26. The molecule has 4 rings (SSSR count). The molecule has 2 aromatic carbocycles. The fourth-order valence-electron chi connectivity index (χ4n) is 3.68. The van der Waals surface area contributed by atoms with Gasteiger partial charge < -0.3 is 4.74 Å². The van der Waals surface area contributed by atoms with Gasteiger partial charge >= 0.3 is 0 Å². The molecule has 1 aliphatic carbocycles. The highest BCUT2D eigenvalue weighted by Crippen LogP contribution is 2.33. The summed E-state index contributed by atoms with van der Waals surface area (Å²) in [5.74, 6) is 2.24. The average molecular weight is 364 g/mol. The number of likely N-dealkylation sites (tertiary alicyclic amines) is 1. The molecule has 1 saturated carbocycles. The Morgan fingerprint density at radius 3 is 2.19 bits per heavy atom. The van der Waals surface area contributed by atoms with Crippen LogP contribution in [-0.2, 0) is 13.2 Å². The number of piperidine rings is 1. The first kappa shape index (κ1) is 18.2. The first-order chi connectivity index (χ1) is 13.2. The smallest absolute Gasteiger partial charge is 0.165 e. The van der Waals surface area contributed by atoms with Crippen LogP contribution in [0.15, 0.2) is 48.5 Å². The van der Waals surface area contributed by atoms with Crippen molar-refractivity contribution in [2.75, 3.05) is 13.1 Å². The van der Waals surface area contributed by atoms with Crippen molar-refractivity contribution in [2.45, 2.75) is 45.8 Å². The molecule has 0 amide bonds. The molecule has 1 heterocycles. The molecule has 142 valence electrons. The Hall–Kier alpha value is -2.13. The van der Waals surface area contributed by atoms with E-state index in [1.807, 2.05) is 24.3 Å². The Bertz CT molecular complexity index is 754. The number of ketones is 1. The second-order valence-corrected chi connectivity index (χ2v) is 8.23. The van der Waals surface area contributed by atoms with Crippen molar-refractivity contribution in [3.05, 3.63) is 65.2 Å². The van der Waals surface area contributed by atoms with Crippen LogP contribution in [-0.4, -0.2) is 23.8 Å². The lowest BCUT2D eigenvalue weighted by molar-refractivity contribution is 0.0967. The highest BCUT2D eigenvalue weighted by molar-refractivity contribution is 5.99. The van der Waals surface area contributed by atoms with Crippen molar-refractivity contribution in [3.63, 3.8) is 0 Å². The summed E-state index contributed by atoms with van der Waals surface area (Å²) in [5.41, 5.74) is 3.35. The van der Waals surface area contributed by atoms with E-state index in [4.69, 9.17) is 4.74 Å². The molecule has 0 atom stereocenters. The lowest BCUT2D eigenvalue weighted by Crippen LogP contribution is -2.32. The third kappa shape index (κ3) is 4.98. The summed E-state index contributed by atoms with van der Waals surface area (Å²) in [6, 6.07) is 16.3. The highest BCUT2D eigenvalue weighted by atomic mass is 16.5. The zero-order valence-electron chi connectivity index (χ0n) is 16.2. The van der Waals surface area contributed by atoms with Crippen LogP contribution in [0.2, 0.25) is 0 Å². The van der Waals surface area contributed by atoms with E-state index in [2.05, 4.69) is 36.1 Å². The van der Waals surface area contributed by atoms with Crippen LogP contribution in [0.25, 0.3) is 0 Å². The molecule has 1 saturated heterocycles. The fourth-order valence-corrected chi connectivity index (χ4v) is 3.68. The van der Waals surface area contributed by atoms with E-state index in [0.717, 1.165) is 36.6 Å². The maximum absolute atomic E-state index is 12.0. The Morgan fingerprint density at radius 2 is 1.56 bits per heavy atom. The normalized spacial score (nSPS) is 18.4. The molecule has 2 aliphatic rings. The van der Waals surface area contributed by atoms with Crippen LogP contribution in [0.3, 0.4) is 0 Å². The molecule has 2 fully saturated rings. The molecule has 0 N–H and O–H groups in total. The number of nitrogens with zero attached hydrogens (tertiary/aromatic N) is 1. The number of ether oxygens (including phenoxy) is 1. The predicted molar refractivity (Wildman–Crippen MR) is 108 cm³/mol. The minimum atomic E-state index is 0.267. The highest BCUT2D eigenvalue weighted by Gasteiger charge is 2.30. The summed E-state index contributed by atoms with van der Waals surface area (Å²) in [6.07, 6.45) is 4.72. The minimum absolute atomic E-state index is 0.267. The van der Waals surface area contributed by atoms with Gasteiger partial charge in [0.25, 0.3) is 0 Å². The molecule has 27 heavy (non-hydrogen) atoms. The third-order valence-electron chi connectivity index (χ3n) is 5.80. The maximum atomic E-state index is 12.0. The van der Waals surface area contributed by atoms with Crippen LogP contribution in [0.1, 0.15) is 54.1 Å². The third-order valence-corrected chi connectivity index (χ3v) is 5.80. The average Bonchev–Trinajstić information content (AvgIpc) is 3.54. The van der Waals surface area contributed by atoms with Crippen LogP contribution in [0.4, 0.5) is 0 Å². The first-order valence-corrected chi connectivity index (χ1v) is 10.2. The Labute approximate surface area is 162 Å². The van der Waals surface area contributed by atoms with Crippen LogP contribution >= 0.6 is 0 Å². The zero-order valence-corrected chi connectivity index (χ0v) is 16.2. The molecule has 0 spiro atoms. The maximum Gasteiger partial charge on any atom is 0.165 e. The number of Topliss-reactive ketones (excluding diaryl/α,β-unsaturated/α-hetero) is 1. The zero-order chi connectivity index (χ0) is 18.6. The fraction of sp³-hybridized carbons (Fsp3) is 0.458. The van der Waals surface area contributed by atoms with Gasteiger partial charge in [-0.25, -0.2) is 0 Å². The van der Waals surface area contributed by atoms with Gasteiger partial charge in [-0.05, 0) is 80.1 Å². The molecule has 1 aliphatic heterocycles. The van der Waals surface area contributed by atoms with Gasteiger partial charge in [-0.2, -0.15) is 0 Å². The van der Waals surface area contributed by atoms with Gasteiger partial charge in [0.2, 0.25) is 0 Å². The van der Waals surface area contributed by atoms with E-state index < -0.39 is 0 Å². The van der Waals surface area contributed by atoms with Crippen molar-refractivity contribution < 1.29 is 9.53 Å². The summed E-state index contributed by atoms with van der Waals surface area (Å²) in [5, 5.41) is 0. The molecule has 3 nitrogen and oxygen atoms in total. The monoisotopic (exact) mass is 363 g/mol. The van der Waals surface area contributed by atoms with Gasteiger partial charge in [0.05, 0.1) is 0 Å². The molecule has 0 aromatic heterocycles. The minimum Gasteiger partial charge on any atom is -0.489 e. The van der Waals surface area contributed by atoms with E-state index in [0.29, 0.717) is 6.61 Å². The molecule has 2 aromatic rings. The number of carbonyl (C=O) groups is 1. The number of carbonyl (C=O) groups excluding carboxylic acids is 1. The number of hydrogen-bond acceptors (Lipinski definition) is 3. The van der Waals surface area contributed by atoms with Crippen molar-refractivity contribution in [1.82, 2.24) is 4.90 Å². The molecular formula is C24H29NO2. The van der Waals surface area contributed by atoms with Crippen molar-refractivity contribution in [3.8, 4) is 5.75 Å². The van der Waals surface area contributed by atoms with E-state index in [9.17, 15) is 4.79 Å². The van der Waals surface area contributed by atoms with Gasteiger partial charge in [-0.3, -0.25) is 9.69 Å². The van der Waals surface area contributed by atoms with Gasteiger partial charge in [0.1, 0.15) is 12.4 Å². The van der Waals surface area contributed by atoms with E-state index in [-0.39, 0.29) is 11.7 Å². The largest absolute Gasteiger partial charge is 0.489 e. The lowest BCUT2D eigenvalue weighted by atomic mass is 9.99. The first-order valence-electron chi connectivity index (χ1n) is 10.2. The molecule has 0 radical (unpaired) electrons. The standard InChI is InChI=1S/C24H29NO2/c1-18-12-14-25(15-13-18)16-19-2-4-20(5-3-19)17-27-23-10-8-22(9-11-23)24(26)21-6-7-21/h2-5,8-11,18,21H,6-7,12-17H2,1H3. The predicted octanol–water partition coefficient (Wildman–Crippen LogP) is 5.09. The molecule has 0 bridgehead atoms. The van der Waals surface area contributed by atoms with Crippen molar-refractivity contribution in [1.29, 1.82) is 0 Å². The molecule has 3 heteroatoms. The second-order valence-electron chi connectivity index (χ2n) is 8.23. The molecular weight excluding hydrogens is 334 g/mol. The quantitative estimate of drug-likeness (QED) is 0.642. The summed E-state index contributed by atoms with van der Waals surface area (Å²) >= 11 is 0. The van der Waals surface area contributed by atoms with Crippen molar-refractivity contribution in [2.24, 2.45) is 11.8 Å². The number of benzene rings is 2. The molecule has 0 unspecified atom stereocenters. The Morgan fingerprint density at radius 1 is 0.926 bits per heavy atom. The number of rotatable bonds is 7. The summed E-state index contributed by atoms with van der Waals surface area (Å²) in [4.78, 5) is 14.6. The van der Waals surface area contributed by atoms with Crippen LogP contribution in [0.5, 0.6) is 5.75 Å². The van der Waals surface area contributed by atoms with Crippen molar-refractivity contribution >= 4 is 5.78 Å². The topological polar surface area (TPSA) is 29.5 Å². The lowest BCUT2D eigenvalue weighted by Gasteiger charge is -2.30. The number of hydrogen-bond donors (Lipinski definition) is 0. The SMILES string of the molecule is CC1CCN(Cc2ccc(COc3ccc(C(=O)C4CC4)cc3)cc2)CC1. The van der Waals surface area contributed by atoms with Crippen LogP contribution < -0.4 is 4.74 Å².